The minimum Gasteiger partial charge on any atom is -0.479 e. The van der Waals surface area contributed by atoms with Crippen molar-refractivity contribution in [1.82, 2.24) is 9.78 Å². The molecule has 14 heavy (non-hydrogen) atoms. The van der Waals surface area contributed by atoms with Crippen LogP contribution in [0.3, 0.4) is 0 Å². The van der Waals surface area contributed by atoms with E-state index in [1.807, 2.05) is 0 Å². The van der Waals surface area contributed by atoms with Crippen molar-refractivity contribution in [3.05, 3.63) is 11.8 Å². The summed E-state index contributed by atoms with van der Waals surface area (Å²) in [6.45, 7) is -0.546. The summed E-state index contributed by atoms with van der Waals surface area (Å²) in [5.74, 6) is -2.31. The van der Waals surface area contributed by atoms with E-state index in [2.05, 4.69) is 9.84 Å². The minimum atomic E-state index is -1.15. The van der Waals surface area contributed by atoms with Crippen LogP contribution in [0.25, 0.3) is 0 Å². The fourth-order valence-electron chi connectivity index (χ4n) is 0.847. The van der Waals surface area contributed by atoms with Crippen LogP contribution in [0, 0.1) is 0 Å². The van der Waals surface area contributed by atoms with Crippen LogP contribution in [0.15, 0.2) is 6.07 Å². The number of carboxylic acids is 2. The molecule has 0 bridgehead atoms. The maximum absolute atomic E-state index is 10.5. The van der Waals surface area contributed by atoms with Gasteiger partial charge in [-0.3, -0.25) is 4.68 Å². The molecule has 7 nitrogen and oxygen atoms in total. The molecule has 0 fully saturated rings. The molecular weight excluding hydrogens is 192 g/mol. The van der Waals surface area contributed by atoms with Gasteiger partial charge in [0.25, 0.3) is 0 Å². The van der Waals surface area contributed by atoms with Gasteiger partial charge in [0.2, 0.25) is 5.88 Å². The van der Waals surface area contributed by atoms with Gasteiger partial charge in [0.05, 0.1) is 0 Å². The number of aromatic carboxylic acids is 1. The second kappa shape index (κ2) is 3.77. The molecule has 0 amide bonds. The zero-order valence-electron chi connectivity index (χ0n) is 7.30. The normalized spacial score (nSPS) is 9.79. The summed E-state index contributed by atoms with van der Waals surface area (Å²) in [5.41, 5.74) is -0.0645. The smallest absolute Gasteiger partial charge is 0.354 e. The van der Waals surface area contributed by atoms with Gasteiger partial charge in [0.1, 0.15) is 5.69 Å². The lowest BCUT2D eigenvalue weighted by Gasteiger charge is -1.95. The minimum absolute atomic E-state index is 0.0210. The Morgan fingerprint density at radius 3 is 2.64 bits per heavy atom. The number of aryl methyl sites for hydroxylation is 1. The Morgan fingerprint density at radius 1 is 1.57 bits per heavy atom. The van der Waals surface area contributed by atoms with Gasteiger partial charge in [-0.1, -0.05) is 0 Å². The van der Waals surface area contributed by atoms with Crippen LogP contribution in [0.2, 0.25) is 0 Å². The number of ether oxygens (including phenoxy) is 1. The fraction of sp³-hybridized carbons (Fsp3) is 0.286. The number of hydrogen-bond donors (Lipinski definition) is 2. The SMILES string of the molecule is Cn1nc(OCC(=O)O)cc1C(=O)O. The highest BCUT2D eigenvalue weighted by atomic mass is 16.5. The maximum Gasteiger partial charge on any atom is 0.354 e. The highest BCUT2D eigenvalue weighted by Gasteiger charge is 2.12. The molecule has 76 valence electrons. The molecular formula is C7H8N2O5. The van der Waals surface area contributed by atoms with E-state index in [1.165, 1.54) is 7.05 Å². The van der Waals surface area contributed by atoms with Crippen LogP contribution in [-0.4, -0.2) is 38.5 Å². The Kier molecular flexibility index (Phi) is 2.70. The first kappa shape index (κ1) is 10.0. The van der Waals surface area contributed by atoms with Crippen LogP contribution in [0.1, 0.15) is 10.5 Å². The Morgan fingerprint density at radius 2 is 2.21 bits per heavy atom. The van der Waals surface area contributed by atoms with Gasteiger partial charge in [-0.15, -0.1) is 5.10 Å². The topological polar surface area (TPSA) is 102 Å². The van der Waals surface area contributed by atoms with Crippen LogP contribution in [0.4, 0.5) is 0 Å². The van der Waals surface area contributed by atoms with E-state index in [4.69, 9.17) is 10.2 Å². The molecule has 1 aromatic heterocycles. The van der Waals surface area contributed by atoms with Gasteiger partial charge in [0.15, 0.2) is 6.61 Å². The number of aliphatic carboxylic acids is 1. The summed E-state index contributed by atoms with van der Waals surface area (Å²) in [6.07, 6.45) is 0. The zero-order chi connectivity index (χ0) is 10.7. The highest BCUT2D eigenvalue weighted by Crippen LogP contribution is 2.10. The van der Waals surface area contributed by atoms with Gasteiger partial charge in [-0.05, 0) is 0 Å². The predicted molar refractivity (Wildman–Crippen MR) is 43.3 cm³/mol. The van der Waals surface area contributed by atoms with E-state index in [9.17, 15) is 9.59 Å². The molecule has 0 aliphatic carbocycles. The first-order chi connectivity index (χ1) is 6.50. The lowest BCUT2D eigenvalue weighted by atomic mass is 10.4. The second-order valence-electron chi connectivity index (χ2n) is 2.48. The fourth-order valence-corrected chi connectivity index (χ4v) is 0.847. The summed E-state index contributed by atoms with van der Waals surface area (Å²) in [7, 11) is 1.43. The molecule has 2 N–H and O–H groups in total. The third kappa shape index (κ3) is 2.22. The summed E-state index contributed by atoms with van der Waals surface area (Å²) >= 11 is 0. The van der Waals surface area contributed by atoms with Gasteiger partial charge < -0.3 is 14.9 Å². The predicted octanol–water partition coefficient (Wildman–Crippen LogP) is -0.418. The highest BCUT2D eigenvalue weighted by molar-refractivity contribution is 5.86. The number of carbonyl (C=O) groups is 2. The van der Waals surface area contributed by atoms with E-state index in [0.717, 1.165) is 10.7 Å². The third-order valence-corrected chi connectivity index (χ3v) is 1.42. The number of carboxylic acid groups (broad SMARTS) is 2. The number of aromatic nitrogens is 2. The summed E-state index contributed by atoms with van der Waals surface area (Å²) < 4.78 is 5.78. The molecule has 0 radical (unpaired) electrons. The van der Waals surface area contributed by atoms with Gasteiger partial charge >= 0.3 is 11.9 Å². The molecule has 0 saturated carbocycles. The van der Waals surface area contributed by atoms with Crippen molar-refractivity contribution in [2.24, 2.45) is 7.05 Å². The van der Waals surface area contributed by atoms with Crippen molar-refractivity contribution >= 4 is 11.9 Å². The number of hydrogen-bond acceptors (Lipinski definition) is 4. The molecule has 0 spiro atoms. The Balaban J connectivity index is 2.76. The van der Waals surface area contributed by atoms with Gasteiger partial charge in [-0.25, -0.2) is 9.59 Å². The third-order valence-electron chi connectivity index (χ3n) is 1.42. The van der Waals surface area contributed by atoms with Gasteiger partial charge in [-0.2, -0.15) is 0 Å². The van der Waals surface area contributed by atoms with Crippen molar-refractivity contribution in [3.8, 4) is 5.88 Å². The molecule has 7 heteroatoms. The molecule has 0 saturated heterocycles. The quantitative estimate of drug-likeness (QED) is 0.684. The number of nitrogens with zero attached hydrogens (tertiary/aromatic N) is 2. The average Bonchev–Trinajstić information content (AvgIpc) is 2.43. The van der Waals surface area contributed by atoms with Gasteiger partial charge in [0, 0.05) is 13.1 Å². The van der Waals surface area contributed by atoms with E-state index >= 15 is 0 Å². The Bertz CT molecular complexity index is 370. The average molecular weight is 200 g/mol. The van der Waals surface area contributed by atoms with Crippen molar-refractivity contribution in [2.75, 3.05) is 6.61 Å². The van der Waals surface area contributed by atoms with Crippen molar-refractivity contribution in [2.45, 2.75) is 0 Å². The Labute approximate surface area is 78.5 Å². The standard InChI is InChI=1S/C7H8N2O5/c1-9-4(7(12)13)2-5(8-9)14-3-6(10)11/h2H,3H2,1H3,(H,10,11)(H,12,13). The van der Waals surface area contributed by atoms with E-state index in [0.29, 0.717) is 0 Å². The molecule has 1 aromatic rings. The van der Waals surface area contributed by atoms with E-state index in [1.54, 1.807) is 0 Å². The van der Waals surface area contributed by atoms with Crippen LogP contribution >= 0.6 is 0 Å². The largest absolute Gasteiger partial charge is 0.479 e. The van der Waals surface area contributed by atoms with Crippen LogP contribution in [-0.2, 0) is 11.8 Å². The molecule has 1 heterocycles. The molecule has 0 unspecified atom stereocenters. The second-order valence-corrected chi connectivity index (χ2v) is 2.48. The summed E-state index contributed by atoms with van der Waals surface area (Å²) in [6, 6.07) is 1.16. The zero-order valence-corrected chi connectivity index (χ0v) is 7.30. The number of rotatable bonds is 4. The molecule has 0 atom stereocenters. The molecule has 1 rings (SSSR count). The molecule has 0 aromatic carbocycles. The van der Waals surface area contributed by atoms with Crippen molar-refractivity contribution in [3.63, 3.8) is 0 Å². The van der Waals surface area contributed by atoms with E-state index in [-0.39, 0.29) is 11.6 Å². The van der Waals surface area contributed by atoms with Crippen LogP contribution < -0.4 is 4.74 Å². The summed E-state index contributed by atoms with van der Waals surface area (Å²) in [5, 5.41) is 20.6. The lowest BCUT2D eigenvalue weighted by Crippen LogP contribution is -2.09. The molecule has 0 aliphatic heterocycles. The van der Waals surface area contributed by atoms with E-state index < -0.39 is 18.5 Å². The first-order valence-electron chi connectivity index (χ1n) is 3.62. The summed E-state index contributed by atoms with van der Waals surface area (Å²) in [4.78, 5) is 20.7. The van der Waals surface area contributed by atoms with Crippen molar-refractivity contribution in [1.29, 1.82) is 0 Å². The lowest BCUT2D eigenvalue weighted by molar-refractivity contribution is -0.139. The maximum atomic E-state index is 10.5. The molecule has 0 aliphatic rings. The monoisotopic (exact) mass is 200 g/mol. The van der Waals surface area contributed by atoms with Crippen LogP contribution in [0.5, 0.6) is 5.88 Å². The first-order valence-corrected chi connectivity index (χ1v) is 3.62. The Hall–Kier alpha value is -2.05. The van der Waals surface area contributed by atoms with Crippen molar-refractivity contribution < 1.29 is 24.5 Å².